The standard InChI is InChI=1S/C6H14N2O2.C6H8O2/c7-4-2-1-3-5(8)6(9)10;1-2-3-4-5-6(7)8/h5H,1-4,7-8H2,(H,9,10);2-5H,1H3,(H,7,8)/t5-;/m0./s1. The molecule has 0 radical (unpaired) electrons. The van der Waals surface area contributed by atoms with E-state index in [0.717, 1.165) is 18.9 Å². The number of aliphatic carboxylic acids is 2. The van der Waals surface area contributed by atoms with Gasteiger partial charge >= 0.3 is 11.9 Å². The number of allylic oxidation sites excluding steroid dienone is 3. The van der Waals surface area contributed by atoms with Crippen LogP contribution in [0.15, 0.2) is 24.3 Å². The number of unbranched alkanes of at least 4 members (excludes halogenated alkanes) is 1. The SMILES string of the molecule is CC=CC=CC(=O)O.NCCCC[C@H](N)C(=O)O. The molecular weight excluding hydrogens is 236 g/mol. The summed E-state index contributed by atoms with van der Waals surface area (Å²) in [5, 5.41) is 16.3. The summed E-state index contributed by atoms with van der Waals surface area (Å²) in [6.07, 6.45) is 8.15. The fourth-order valence-electron chi connectivity index (χ4n) is 0.881. The van der Waals surface area contributed by atoms with Crippen LogP contribution in [0.1, 0.15) is 26.2 Å². The molecule has 104 valence electrons. The average Bonchev–Trinajstić information content (AvgIpc) is 2.30. The summed E-state index contributed by atoms with van der Waals surface area (Å²) in [5.74, 6) is -1.85. The summed E-state index contributed by atoms with van der Waals surface area (Å²) >= 11 is 0. The second-order valence-electron chi connectivity index (χ2n) is 3.45. The van der Waals surface area contributed by atoms with E-state index in [4.69, 9.17) is 21.7 Å². The van der Waals surface area contributed by atoms with Gasteiger partial charge in [0.15, 0.2) is 0 Å². The first kappa shape index (κ1) is 18.7. The second kappa shape index (κ2) is 13.4. The lowest BCUT2D eigenvalue weighted by Crippen LogP contribution is -2.29. The molecule has 6 N–H and O–H groups in total. The molecular formula is C12H22N2O4. The minimum atomic E-state index is -0.933. The highest BCUT2D eigenvalue weighted by Crippen LogP contribution is 1.96. The molecule has 0 aromatic carbocycles. The first-order valence-electron chi connectivity index (χ1n) is 5.66. The number of hydrogen-bond acceptors (Lipinski definition) is 4. The van der Waals surface area contributed by atoms with Crippen molar-refractivity contribution in [3.63, 3.8) is 0 Å². The maximum Gasteiger partial charge on any atom is 0.328 e. The average molecular weight is 258 g/mol. The van der Waals surface area contributed by atoms with E-state index in [0.29, 0.717) is 13.0 Å². The van der Waals surface area contributed by atoms with Crippen molar-refractivity contribution in [3.05, 3.63) is 24.3 Å². The fraction of sp³-hybridized carbons (Fsp3) is 0.500. The van der Waals surface area contributed by atoms with Gasteiger partial charge in [-0.15, -0.1) is 0 Å². The minimum Gasteiger partial charge on any atom is -0.480 e. The van der Waals surface area contributed by atoms with E-state index in [-0.39, 0.29) is 0 Å². The van der Waals surface area contributed by atoms with Crippen LogP contribution in [0.5, 0.6) is 0 Å². The quantitative estimate of drug-likeness (QED) is 0.303. The maximum absolute atomic E-state index is 10.1. The van der Waals surface area contributed by atoms with Gasteiger partial charge in [0.1, 0.15) is 6.04 Å². The first-order valence-corrected chi connectivity index (χ1v) is 5.66. The van der Waals surface area contributed by atoms with Crippen LogP contribution in [0.4, 0.5) is 0 Å². The second-order valence-corrected chi connectivity index (χ2v) is 3.45. The molecule has 18 heavy (non-hydrogen) atoms. The molecule has 0 aromatic rings. The van der Waals surface area contributed by atoms with Gasteiger partial charge in [-0.2, -0.15) is 0 Å². The summed E-state index contributed by atoms with van der Waals surface area (Å²) in [7, 11) is 0. The molecule has 6 nitrogen and oxygen atoms in total. The van der Waals surface area contributed by atoms with Crippen LogP contribution in [-0.2, 0) is 9.59 Å². The van der Waals surface area contributed by atoms with Crippen molar-refractivity contribution in [2.24, 2.45) is 11.5 Å². The Labute approximate surface area is 107 Å². The van der Waals surface area contributed by atoms with E-state index >= 15 is 0 Å². The molecule has 0 aliphatic heterocycles. The van der Waals surface area contributed by atoms with E-state index in [1.54, 1.807) is 12.2 Å². The third-order valence-electron chi connectivity index (χ3n) is 1.83. The highest BCUT2D eigenvalue weighted by Gasteiger charge is 2.09. The normalized spacial score (nSPS) is 12.2. The molecule has 6 heteroatoms. The number of carboxylic acids is 2. The Bertz CT molecular complexity index is 288. The van der Waals surface area contributed by atoms with Crippen LogP contribution < -0.4 is 11.5 Å². The zero-order chi connectivity index (χ0) is 14.4. The molecule has 1 atom stereocenters. The Morgan fingerprint density at radius 3 is 2.22 bits per heavy atom. The Hall–Kier alpha value is -1.66. The molecule has 0 rings (SSSR count). The van der Waals surface area contributed by atoms with Crippen molar-refractivity contribution in [3.8, 4) is 0 Å². The van der Waals surface area contributed by atoms with Crippen molar-refractivity contribution in [1.82, 2.24) is 0 Å². The molecule has 0 aliphatic rings. The van der Waals surface area contributed by atoms with Crippen LogP contribution in [-0.4, -0.2) is 34.7 Å². The number of nitrogens with two attached hydrogens (primary N) is 2. The number of carboxylic acid groups (broad SMARTS) is 2. The molecule has 0 heterocycles. The molecule has 0 amide bonds. The predicted molar refractivity (Wildman–Crippen MR) is 70.1 cm³/mol. The monoisotopic (exact) mass is 258 g/mol. The molecule has 0 aliphatic carbocycles. The van der Waals surface area contributed by atoms with Gasteiger partial charge in [-0.3, -0.25) is 4.79 Å². The highest BCUT2D eigenvalue weighted by atomic mass is 16.4. The Morgan fingerprint density at radius 2 is 1.83 bits per heavy atom. The predicted octanol–water partition coefficient (Wildman–Crippen LogP) is 0.731. The van der Waals surface area contributed by atoms with Gasteiger partial charge in [0.05, 0.1) is 0 Å². The lowest BCUT2D eigenvalue weighted by Gasteiger charge is -2.03. The molecule has 0 spiro atoms. The van der Waals surface area contributed by atoms with Crippen molar-refractivity contribution in [2.45, 2.75) is 32.2 Å². The summed E-state index contributed by atoms with van der Waals surface area (Å²) in [4.78, 5) is 19.9. The van der Waals surface area contributed by atoms with Crippen molar-refractivity contribution < 1.29 is 19.8 Å². The zero-order valence-corrected chi connectivity index (χ0v) is 10.6. The van der Waals surface area contributed by atoms with E-state index in [1.807, 2.05) is 6.92 Å². The Balaban J connectivity index is 0. The topological polar surface area (TPSA) is 127 Å². The van der Waals surface area contributed by atoms with E-state index in [1.165, 1.54) is 6.08 Å². The summed E-state index contributed by atoms with van der Waals surface area (Å²) < 4.78 is 0. The molecule has 0 fully saturated rings. The van der Waals surface area contributed by atoms with E-state index in [9.17, 15) is 9.59 Å². The Kier molecular flexibility index (Phi) is 13.9. The maximum atomic E-state index is 10.1. The first-order chi connectivity index (χ1) is 8.45. The van der Waals surface area contributed by atoms with Crippen LogP contribution in [0.3, 0.4) is 0 Å². The smallest absolute Gasteiger partial charge is 0.328 e. The molecule has 0 aromatic heterocycles. The molecule has 0 saturated carbocycles. The lowest BCUT2D eigenvalue weighted by atomic mass is 10.1. The summed E-state index contributed by atoms with van der Waals surface area (Å²) in [5.41, 5.74) is 10.4. The molecule has 0 saturated heterocycles. The van der Waals surface area contributed by atoms with Gasteiger partial charge in [0, 0.05) is 6.08 Å². The van der Waals surface area contributed by atoms with Crippen LogP contribution >= 0.6 is 0 Å². The van der Waals surface area contributed by atoms with Crippen LogP contribution in [0, 0.1) is 0 Å². The summed E-state index contributed by atoms with van der Waals surface area (Å²) in [6, 6.07) is -0.716. The third-order valence-corrected chi connectivity index (χ3v) is 1.83. The minimum absolute atomic E-state index is 0.520. The van der Waals surface area contributed by atoms with Gasteiger partial charge in [-0.25, -0.2) is 4.79 Å². The Morgan fingerprint density at radius 1 is 1.22 bits per heavy atom. The van der Waals surface area contributed by atoms with E-state index < -0.39 is 18.0 Å². The van der Waals surface area contributed by atoms with Crippen molar-refractivity contribution in [2.75, 3.05) is 6.54 Å². The van der Waals surface area contributed by atoms with Gasteiger partial charge < -0.3 is 21.7 Å². The summed E-state index contributed by atoms with van der Waals surface area (Å²) in [6.45, 7) is 2.43. The largest absolute Gasteiger partial charge is 0.480 e. The number of hydrogen-bond donors (Lipinski definition) is 4. The van der Waals surface area contributed by atoms with Gasteiger partial charge in [0.2, 0.25) is 0 Å². The lowest BCUT2D eigenvalue weighted by molar-refractivity contribution is -0.138. The van der Waals surface area contributed by atoms with Crippen LogP contribution in [0.2, 0.25) is 0 Å². The van der Waals surface area contributed by atoms with Gasteiger partial charge in [-0.1, -0.05) is 24.6 Å². The number of carbonyl (C=O) groups is 2. The van der Waals surface area contributed by atoms with Crippen molar-refractivity contribution in [1.29, 1.82) is 0 Å². The van der Waals surface area contributed by atoms with Crippen LogP contribution in [0.25, 0.3) is 0 Å². The third kappa shape index (κ3) is 16.8. The molecule has 0 unspecified atom stereocenters. The fourth-order valence-corrected chi connectivity index (χ4v) is 0.881. The van der Waals surface area contributed by atoms with E-state index in [2.05, 4.69) is 0 Å². The molecule has 0 bridgehead atoms. The highest BCUT2D eigenvalue weighted by molar-refractivity contribution is 5.80. The van der Waals surface area contributed by atoms with Gasteiger partial charge in [-0.05, 0) is 26.3 Å². The zero-order valence-electron chi connectivity index (χ0n) is 10.6. The van der Waals surface area contributed by atoms with Gasteiger partial charge in [0.25, 0.3) is 0 Å². The van der Waals surface area contributed by atoms with Crippen molar-refractivity contribution >= 4 is 11.9 Å². The number of rotatable bonds is 7.